The van der Waals surface area contributed by atoms with Crippen molar-refractivity contribution in [3.05, 3.63) is 57.0 Å². The summed E-state index contributed by atoms with van der Waals surface area (Å²) in [4.78, 5) is 0. The molecule has 0 radical (unpaired) electrons. The van der Waals surface area contributed by atoms with Crippen LogP contribution in [-0.2, 0) is 13.0 Å². The SMILES string of the molecule is C[C@@H]1Cc2cc(CNc3ccc(Br)c(Cl)c3)ccc2O1. The maximum atomic E-state index is 6.08. The van der Waals surface area contributed by atoms with E-state index in [0.717, 1.165) is 28.9 Å². The standard InChI is InChI=1S/C16H15BrClNO/c1-10-6-12-7-11(2-5-16(12)20-10)9-19-13-3-4-14(17)15(18)8-13/h2-5,7-8,10,19H,6,9H2,1H3/t10-/m1/s1. The van der Waals surface area contributed by atoms with Crippen LogP contribution >= 0.6 is 27.5 Å². The lowest BCUT2D eigenvalue weighted by atomic mass is 10.1. The van der Waals surface area contributed by atoms with Crippen molar-refractivity contribution in [3.63, 3.8) is 0 Å². The molecule has 1 aliphatic heterocycles. The number of nitrogens with one attached hydrogen (secondary N) is 1. The fourth-order valence-corrected chi connectivity index (χ4v) is 2.82. The van der Waals surface area contributed by atoms with Gasteiger partial charge >= 0.3 is 0 Å². The molecule has 2 nitrogen and oxygen atoms in total. The first-order valence-electron chi connectivity index (χ1n) is 6.59. The molecule has 2 aromatic carbocycles. The summed E-state index contributed by atoms with van der Waals surface area (Å²) in [5, 5.41) is 4.10. The predicted molar refractivity (Wildman–Crippen MR) is 86.7 cm³/mol. The summed E-state index contributed by atoms with van der Waals surface area (Å²) in [7, 11) is 0. The van der Waals surface area contributed by atoms with Crippen molar-refractivity contribution in [1.82, 2.24) is 0 Å². The van der Waals surface area contributed by atoms with E-state index in [1.165, 1.54) is 11.1 Å². The van der Waals surface area contributed by atoms with Gasteiger partial charge in [-0.15, -0.1) is 0 Å². The maximum absolute atomic E-state index is 6.08. The van der Waals surface area contributed by atoms with E-state index in [1.54, 1.807) is 0 Å². The zero-order chi connectivity index (χ0) is 14.1. The van der Waals surface area contributed by atoms with Crippen molar-refractivity contribution in [2.45, 2.75) is 26.0 Å². The van der Waals surface area contributed by atoms with Gasteiger partial charge in [-0.05, 0) is 58.2 Å². The van der Waals surface area contributed by atoms with E-state index in [4.69, 9.17) is 16.3 Å². The summed E-state index contributed by atoms with van der Waals surface area (Å²) in [5.41, 5.74) is 3.56. The summed E-state index contributed by atoms with van der Waals surface area (Å²) in [6.07, 6.45) is 1.28. The highest BCUT2D eigenvalue weighted by molar-refractivity contribution is 9.10. The molecule has 1 aliphatic rings. The van der Waals surface area contributed by atoms with Gasteiger partial charge in [0.25, 0.3) is 0 Å². The lowest BCUT2D eigenvalue weighted by Gasteiger charge is -2.09. The Bertz CT molecular complexity index is 644. The molecule has 20 heavy (non-hydrogen) atoms. The molecule has 4 heteroatoms. The highest BCUT2D eigenvalue weighted by Crippen LogP contribution is 2.30. The van der Waals surface area contributed by atoms with Crippen LogP contribution in [0, 0.1) is 0 Å². The maximum Gasteiger partial charge on any atom is 0.123 e. The van der Waals surface area contributed by atoms with Crippen LogP contribution in [0.3, 0.4) is 0 Å². The first-order chi connectivity index (χ1) is 9.61. The third-order valence-electron chi connectivity index (χ3n) is 3.38. The molecule has 1 atom stereocenters. The third-order valence-corrected chi connectivity index (χ3v) is 4.61. The summed E-state index contributed by atoms with van der Waals surface area (Å²) in [5.74, 6) is 1.02. The van der Waals surface area contributed by atoms with Crippen LogP contribution in [0.25, 0.3) is 0 Å². The van der Waals surface area contributed by atoms with Gasteiger partial charge in [-0.2, -0.15) is 0 Å². The van der Waals surface area contributed by atoms with Gasteiger partial charge in [0.2, 0.25) is 0 Å². The molecule has 0 aromatic heterocycles. The highest BCUT2D eigenvalue weighted by Gasteiger charge is 2.18. The molecule has 104 valence electrons. The Kier molecular flexibility index (Phi) is 3.90. The second-order valence-electron chi connectivity index (χ2n) is 5.06. The van der Waals surface area contributed by atoms with Crippen molar-refractivity contribution in [2.75, 3.05) is 5.32 Å². The quantitative estimate of drug-likeness (QED) is 0.835. The van der Waals surface area contributed by atoms with Gasteiger partial charge in [-0.1, -0.05) is 23.7 Å². The van der Waals surface area contributed by atoms with Crippen molar-refractivity contribution in [1.29, 1.82) is 0 Å². The molecular weight excluding hydrogens is 338 g/mol. The molecule has 0 unspecified atom stereocenters. The molecule has 0 bridgehead atoms. The van der Waals surface area contributed by atoms with Gasteiger partial charge in [-0.25, -0.2) is 0 Å². The van der Waals surface area contributed by atoms with Crippen molar-refractivity contribution in [2.24, 2.45) is 0 Å². The summed E-state index contributed by atoms with van der Waals surface area (Å²) in [6, 6.07) is 12.3. The first kappa shape index (κ1) is 13.8. The van der Waals surface area contributed by atoms with E-state index >= 15 is 0 Å². The van der Waals surface area contributed by atoms with Crippen LogP contribution < -0.4 is 10.1 Å². The van der Waals surface area contributed by atoms with Crippen molar-refractivity contribution < 1.29 is 4.74 Å². The van der Waals surface area contributed by atoms with Crippen LogP contribution in [-0.4, -0.2) is 6.10 Å². The van der Waals surface area contributed by atoms with Gasteiger partial charge in [-0.3, -0.25) is 0 Å². The number of hydrogen-bond acceptors (Lipinski definition) is 2. The van der Waals surface area contributed by atoms with Gasteiger partial charge in [0.15, 0.2) is 0 Å². The number of hydrogen-bond donors (Lipinski definition) is 1. The monoisotopic (exact) mass is 351 g/mol. The molecule has 1 N–H and O–H groups in total. The number of anilines is 1. The van der Waals surface area contributed by atoms with Crippen LogP contribution in [0.4, 0.5) is 5.69 Å². The number of ether oxygens (including phenoxy) is 1. The Morgan fingerprint density at radius 2 is 2.15 bits per heavy atom. The van der Waals surface area contributed by atoms with Gasteiger partial charge in [0.1, 0.15) is 11.9 Å². The van der Waals surface area contributed by atoms with Crippen LogP contribution in [0.15, 0.2) is 40.9 Å². The predicted octanol–water partition coefficient (Wildman–Crippen LogP) is 5.04. The van der Waals surface area contributed by atoms with E-state index in [9.17, 15) is 0 Å². The molecule has 1 heterocycles. The Morgan fingerprint density at radius 3 is 2.95 bits per heavy atom. The number of rotatable bonds is 3. The normalized spacial score (nSPS) is 16.6. The fraction of sp³-hybridized carbons (Fsp3) is 0.250. The summed E-state index contributed by atoms with van der Waals surface area (Å²) < 4.78 is 6.62. The Balaban J connectivity index is 1.70. The van der Waals surface area contributed by atoms with Crippen molar-refractivity contribution >= 4 is 33.2 Å². The number of fused-ring (bicyclic) bond motifs is 1. The minimum absolute atomic E-state index is 0.290. The second-order valence-corrected chi connectivity index (χ2v) is 6.32. The first-order valence-corrected chi connectivity index (χ1v) is 7.76. The van der Waals surface area contributed by atoms with Gasteiger partial charge < -0.3 is 10.1 Å². The molecule has 2 aromatic rings. The minimum atomic E-state index is 0.290. The molecule has 0 aliphatic carbocycles. The average molecular weight is 353 g/mol. The van der Waals surface area contributed by atoms with Gasteiger partial charge in [0, 0.05) is 23.1 Å². The number of halogens is 2. The molecule has 0 fully saturated rings. The zero-order valence-corrected chi connectivity index (χ0v) is 13.5. The van der Waals surface area contributed by atoms with Gasteiger partial charge in [0.05, 0.1) is 5.02 Å². The van der Waals surface area contributed by atoms with Crippen LogP contribution in [0.2, 0.25) is 5.02 Å². The largest absolute Gasteiger partial charge is 0.490 e. The van der Waals surface area contributed by atoms with Crippen molar-refractivity contribution in [3.8, 4) is 5.75 Å². The molecular formula is C16H15BrClNO. The number of benzene rings is 2. The smallest absolute Gasteiger partial charge is 0.123 e. The second kappa shape index (κ2) is 5.66. The fourth-order valence-electron chi connectivity index (χ4n) is 2.40. The summed E-state index contributed by atoms with van der Waals surface area (Å²) in [6.45, 7) is 2.88. The van der Waals surface area contributed by atoms with E-state index in [-0.39, 0.29) is 0 Å². The minimum Gasteiger partial charge on any atom is -0.490 e. The zero-order valence-electron chi connectivity index (χ0n) is 11.1. The molecule has 3 rings (SSSR count). The molecule has 0 spiro atoms. The highest BCUT2D eigenvalue weighted by atomic mass is 79.9. The van der Waals surface area contributed by atoms with E-state index in [2.05, 4.69) is 46.4 Å². The lowest BCUT2D eigenvalue weighted by Crippen LogP contribution is -2.05. The Hall–Kier alpha value is -1.19. The lowest BCUT2D eigenvalue weighted by molar-refractivity contribution is 0.254. The molecule has 0 saturated carbocycles. The van der Waals surface area contributed by atoms with E-state index in [0.29, 0.717) is 11.1 Å². The Morgan fingerprint density at radius 1 is 1.30 bits per heavy atom. The topological polar surface area (TPSA) is 21.3 Å². The van der Waals surface area contributed by atoms with Crippen LogP contribution in [0.1, 0.15) is 18.1 Å². The van der Waals surface area contributed by atoms with Crippen LogP contribution in [0.5, 0.6) is 5.75 Å². The third kappa shape index (κ3) is 2.94. The Labute approximate surface area is 132 Å². The average Bonchev–Trinajstić information content (AvgIpc) is 2.79. The van der Waals surface area contributed by atoms with E-state index < -0.39 is 0 Å². The molecule has 0 saturated heterocycles. The van der Waals surface area contributed by atoms with E-state index in [1.807, 2.05) is 18.2 Å². The summed E-state index contributed by atoms with van der Waals surface area (Å²) >= 11 is 9.48. The molecule has 0 amide bonds.